The number of aryl methyl sites for hydroxylation is 4. The van der Waals surface area contributed by atoms with Gasteiger partial charge in [0.05, 0.1) is 17.5 Å². The maximum Gasteiger partial charge on any atom is 0 e. The molecule has 5 aliphatic carbocycles. The molecule has 0 amide bonds. The first-order chi connectivity index (χ1) is 42.4. The zero-order valence-electron chi connectivity index (χ0n) is 53.1. The second-order valence-corrected chi connectivity index (χ2v) is 32.1. The Balaban J connectivity index is 0.000000209. The third kappa shape index (κ3) is 17.5. The Labute approximate surface area is 664 Å². The molecular formula is C66H81Ac3Cl2IO22. The number of aliphatic hydroxyl groups excluding tert-OH is 2. The fourth-order valence-electron chi connectivity index (χ4n) is 13.3. The van der Waals surface area contributed by atoms with Gasteiger partial charge in [-0.15, -0.1) is 23.2 Å². The standard InChI is InChI=1S/C15H16O5.2C14H16O4.C14H14O4.C7H13IO5.CH2Cl2.CH4.3Ac/c1-9-6-12-11(14(17)19-9)7-10-4-3-5-13(18-8-16)15(10,2)20-12;3*1-8-6-11-10(13(16)17-8)7-9-4-3-5-12(15)14(9,2)18-11;9-7-5-3-1-2-4-6(5)8(10,11,12)13-7;2-1-3;;;;/h6-8,13H,3-5H2,1-2H3;2*6-7,12,15H,3-5H2,1-2H3;6-7H,3-5H2,1-2H3;5-6,10-12H,1-4H2;1H2;1H4;;;/t13?,15-;12?,14-;12-,14-;14-;;;;;;/m0000....../s1. The van der Waals surface area contributed by atoms with E-state index in [4.69, 9.17) is 64.6 Å². The van der Waals surface area contributed by atoms with Crippen LogP contribution in [0.25, 0.3) is 24.3 Å². The van der Waals surface area contributed by atoms with Gasteiger partial charge in [0.1, 0.15) is 74.4 Å². The molecule has 4 unspecified atom stereocenters. The van der Waals surface area contributed by atoms with Crippen molar-refractivity contribution >= 4 is 84.4 Å². The van der Waals surface area contributed by atoms with Crippen LogP contribution >= 0.6 is 41.9 Å². The van der Waals surface area contributed by atoms with Crippen LogP contribution in [-0.2, 0) is 22.2 Å². The minimum absolute atomic E-state index is 0. The number of Topliss-reactive ketones (excluding diaryl/α,β-unsaturated/α-hetero) is 1. The molecule has 5 aliphatic heterocycles. The van der Waals surface area contributed by atoms with Crippen LogP contribution < -0.4 is 41.4 Å². The number of carbonyl (C=O) groups excluding carboxylic acids is 3. The Hall–Kier alpha value is -2.00. The number of hydrogen-bond donors (Lipinski definition) is 5. The summed E-state index contributed by atoms with van der Waals surface area (Å²) in [6.45, 7) is 14.7. The van der Waals surface area contributed by atoms with Crippen molar-refractivity contribution in [2.75, 3.05) is 5.34 Å². The van der Waals surface area contributed by atoms with Gasteiger partial charge in [0.2, 0.25) is 0 Å². The van der Waals surface area contributed by atoms with Crippen LogP contribution in [0.5, 0.6) is 23.0 Å². The van der Waals surface area contributed by atoms with Gasteiger partial charge in [0, 0.05) is 163 Å². The molecule has 9 atom stereocenters. The van der Waals surface area contributed by atoms with Crippen LogP contribution in [0, 0.1) is 166 Å². The molecule has 4 aromatic heterocycles. The first kappa shape index (κ1) is 82.7. The number of alkyl halides is 3. The van der Waals surface area contributed by atoms with Crippen LogP contribution in [0.3, 0.4) is 0 Å². The molecule has 9 heterocycles. The predicted molar refractivity (Wildman–Crippen MR) is 346 cm³/mol. The Bertz CT molecular complexity index is 3760. The van der Waals surface area contributed by atoms with E-state index in [1.54, 1.807) is 65.0 Å². The van der Waals surface area contributed by atoms with Gasteiger partial charge < -0.3 is 51.6 Å². The number of ether oxygens (including phenoxy) is 5. The Morgan fingerprint density at radius 1 is 0.511 bits per heavy atom. The normalized spacial score (nSPS) is 28.6. The van der Waals surface area contributed by atoms with Crippen molar-refractivity contribution in [1.82, 2.24) is 0 Å². The van der Waals surface area contributed by atoms with Crippen molar-refractivity contribution in [2.45, 2.75) is 210 Å². The van der Waals surface area contributed by atoms with Crippen LogP contribution in [0.2, 0.25) is 0 Å². The Kier molecular flexibility index (Phi) is 29.2. The average molecular weight is 2110 g/mol. The molecule has 0 bridgehead atoms. The largest absolute Gasteiger partial charge is 0 e. The molecule has 5 N–H and O–H groups in total. The molecule has 6 fully saturated rings. The number of aliphatic hydroxyl groups is 2. The van der Waals surface area contributed by atoms with Crippen LogP contribution in [0.15, 0.2) is 83.4 Å². The van der Waals surface area contributed by atoms with Gasteiger partial charge in [-0.3, -0.25) is 9.59 Å². The van der Waals surface area contributed by atoms with E-state index in [0.29, 0.717) is 94.0 Å². The molecule has 28 heteroatoms. The van der Waals surface area contributed by atoms with Gasteiger partial charge in [-0.2, -0.15) is 0 Å². The van der Waals surface area contributed by atoms with Crippen LogP contribution in [0.4, 0.5) is 0 Å². The molecule has 1 saturated heterocycles. The third-order valence-electron chi connectivity index (χ3n) is 18.3. The zero-order valence-corrected chi connectivity index (χ0v) is 71.1. The summed E-state index contributed by atoms with van der Waals surface area (Å²) in [6.07, 6.45) is 18.2. The minimum Gasteiger partial charge on any atom is 0 e. The average Bonchev–Trinajstić information content (AvgIpc) is 1.67. The number of ketones is 1. The van der Waals surface area contributed by atoms with Gasteiger partial charge in [0.25, 0.3) is 6.47 Å². The molecule has 0 spiro atoms. The van der Waals surface area contributed by atoms with Gasteiger partial charge in [-0.25, -0.2) is 19.2 Å². The van der Waals surface area contributed by atoms with Crippen molar-refractivity contribution in [2.24, 2.45) is 5.92 Å². The maximum atomic E-state index is 12.1. The summed E-state index contributed by atoms with van der Waals surface area (Å²) in [7, 11) is 0. The molecule has 10 aliphatic rings. The molecule has 4 aromatic rings. The van der Waals surface area contributed by atoms with Gasteiger partial charge >= 0.3 is 101 Å². The van der Waals surface area contributed by atoms with Gasteiger partial charge in [0.15, 0.2) is 28.2 Å². The van der Waals surface area contributed by atoms with Crippen molar-refractivity contribution in [3.05, 3.63) is 134 Å². The summed E-state index contributed by atoms with van der Waals surface area (Å²) < 4.78 is 81.3. The first-order valence-electron chi connectivity index (χ1n) is 30.0. The second-order valence-electron chi connectivity index (χ2n) is 24.6. The van der Waals surface area contributed by atoms with E-state index in [1.807, 2.05) is 39.0 Å². The monoisotopic (exact) mass is 2100 g/mol. The summed E-state index contributed by atoms with van der Waals surface area (Å²) in [5, 5.41) is 20.5. The van der Waals surface area contributed by atoms with Gasteiger partial charge in [-0.05, 0) is 173 Å². The van der Waals surface area contributed by atoms with E-state index < -0.39 is 80.4 Å². The smallest absolute Gasteiger partial charge is 0 e. The minimum atomic E-state index is -5.70. The fourth-order valence-corrected chi connectivity index (χ4v) is 18.5. The molecule has 14 rings (SSSR count). The number of hydrogen-bond acceptors (Lipinski definition) is 22. The molecule has 94 heavy (non-hydrogen) atoms. The van der Waals surface area contributed by atoms with Crippen molar-refractivity contribution in [1.29, 1.82) is 0 Å². The van der Waals surface area contributed by atoms with Crippen molar-refractivity contribution in [3.63, 3.8) is 0 Å². The van der Waals surface area contributed by atoms with E-state index in [1.165, 1.54) is 0 Å². The van der Waals surface area contributed by atoms with E-state index in [0.717, 1.165) is 106 Å². The topological polar surface area (TPSA) is 329 Å². The zero-order chi connectivity index (χ0) is 65.5. The molecule has 507 valence electrons. The quantitative estimate of drug-likeness (QED) is 0.0707. The maximum absolute atomic E-state index is 12.1. The van der Waals surface area contributed by atoms with Crippen LogP contribution in [-0.4, -0.2) is 88.7 Å². The summed E-state index contributed by atoms with van der Waals surface area (Å²) >= 11 is 3.83. The summed E-state index contributed by atoms with van der Waals surface area (Å²) in [6, 6.07) is 6.77. The summed E-state index contributed by atoms with van der Waals surface area (Å²) in [5.74, 6) is 2.95. The summed E-state index contributed by atoms with van der Waals surface area (Å²) in [4.78, 5) is 81.2. The number of halogens is 3. The van der Waals surface area contributed by atoms with E-state index in [2.05, 4.69) is 3.07 Å². The second kappa shape index (κ2) is 33.2. The molecule has 0 aromatic carbocycles. The van der Waals surface area contributed by atoms with Crippen molar-refractivity contribution in [3.8, 4) is 23.0 Å². The number of rotatable bonds is 2. The first-order valence-corrected chi connectivity index (χ1v) is 36.1. The molecule has 22 nitrogen and oxygen atoms in total. The Morgan fingerprint density at radius 2 is 0.862 bits per heavy atom. The van der Waals surface area contributed by atoms with Crippen LogP contribution in [0.1, 0.15) is 183 Å². The van der Waals surface area contributed by atoms with E-state index in [9.17, 15) is 54.1 Å². The van der Waals surface area contributed by atoms with Crippen molar-refractivity contribution < 1.29 is 212 Å². The summed E-state index contributed by atoms with van der Waals surface area (Å²) in [5.41, 5.74) is 1.03. The van der Waals surface area contributed by atoms with Gasteiger partial charge in [-0.1, -0.05) is 7.43 Å². The SMILES string of the molecule is C.Cc1cc2c(c(=O)o1)C=C1CCCC(=O)[C@@]1(C)O2.Cc1cc2c(c(=O)o1)C=C1CCCC(O)[C@@]1(C)O2.Cc1cc2c(c(=O)o1)C=C1CCCC(OC=O)[C@@]1(C)O2.Cc1cc2c(c(=O)o1)C=C1CCC[C@H](O)[C@@]1(C)O2.ClCCl.O=C1OI(O)(O)(O)C2CCCCC12.[Ac].[Ac].[Ac]. The Morgan fingerprint density at radius 3 is 1.27 bits per heavy atom. The fraction of sp³-hybridized carbons (Fsp3) is 0.530. The third-order valence-corrected chi connectivity index (χ3v) is 23.9. The molecule has 5 saturated carbocycles. The molecular weight excluding hydrogens is 2020 g/mol. The predicted octanol–water partition coefficient (Wildman–Crippen LogP) is 10.9. The van der Waals surface area contributed by atoms with E-state index >= 15 is 0 Å². The number of fused-ring (bicyclic) bond motifs is 9. The van der Waals surface area contributed by atoms with E-state index in [-0.39, 0.29) is 168 Å². The molecule has 3 radical (unpaired) electrons. The number of carbonyl (C=O) groups is 3.